The summed E-state index contributed by atoms with van der Waals surface area (Å²) in [6.45, 7) is 2.59. The maximum absolute atomic E-state index is 16.7. The van der Waals surface area contributed by atoms with Gasteiger partial charge in [0.25, 0.3) is 0 Å². The predicted molar refractivity (Wildman–Crippen MR) is 156 cm³/mol. The van der Waals surface area contributed by atoms with Crippen LogP contribution in [-0.4, -0.2) is 85.2 Å². The first-order valence-electron chi connectivity index (χ1n) is 15.0. The molecule has 10 nitrogen and oxygen atoms in total. The second kappa shape index (κ2) is 10.3. The van der Waals surface area contributed by atoms with E-state index in [1.54, 1.807) is 0 Å². The van der Waals surface area contributed by atoms with Crippen molar-refractivity contribution in [1.82, 2.24) is 34.6 Å². The van der Waals surface area contributed by atoms with Gasteiger partial charge >= 0.3 is 6.01 Å². The molecule has 1 unspecified atom stereocenters. The average molecular weight is 610 g/mol. The molecule has 0 amide bonds. The molecular weight excluding hydrogens is 578 g/mol. The van der Waals surface area contributed by atoms with Gasteiger partial charge in [-0.3, -0.25) is 14.6 Å². The number of nitrogens with two attached hydrogens (primary N) is 1. The summed E-state index contributed by atoms with van der Waals surface area (Å²) < 4.78 is 68.2. The van der Waals surface area contributed by atoms with Crippen molar-refractivity contribution in [1.29, 1.82) is 0 Å². The Balaban J connectivity index is 1.29. The molecule has 3 fully saturated rings. The number of aromatic amines is 1. The molecule has 7 heterocycles. The van der Waals surface area contributed by atoms with Crippen LogP contribution in [0.1, 0.15) is 38.5 Å². The van der Waals surface area contributed by atoms with Crippen molar-refractivity contribution in [3.8, 4) is 11.8 Å². The maximum Gasteiger partial charge on any atom is 0.319 e. The van der Waals surface area contributed by atoms with Crippen LogP contribution in [-0.2, 0) is 0 Å². The maximum atomic E-state index is 16.7. The molecule has 5 aromatic rings. The number of halogens is 4. The molecule has 14 heteroatoms. The van der Waals surface area contributed by atoms with E-state index in [0.717, 1.165) is 44.7 Å². The fraction of sp³-hybridized carbons (Fsp3) is 0.467. The predicted octanol–water partition coefficient (Wildman–Crippen LogP) is 4.54. The van der Waals surface area contributed by atoms with Crippen molar-refractivity contribution in [3.63, 3.8) is 0 Å². The van der Waals surface area contributed by atoms with E-state index < -0.39 is 29.2 Å². The zero-order valence-corrected chi connectivity index (χ0v) is 23.9. The summed E-state index contributed by atoms with van der Waals surface area (Å²) in [7, 11) is 0. The summed E-state index contributed by atoms with van der Waals surface area (Å²) in [4.78, 5) is 17.8. The molecule has 0 bridgehead atoms. The molecule has 3 atom stereocenters. The molecule has 44 heavy (non-hydrogen) atoms. The normalized spacial score (nSPS) is 24.5. The van der Waals surface area contributed by atoms with Gasteiger partial charge in [-0.15, -0.1) is 0 Å². The minimum atomic E-state index is -1.13. The van der Waals surface area contributed by atoms with Crippen molar-refractivity contribution in [2.75, 3.05) is 37.7 Å². The summed E-state index contributed by atoms with van der Waals surface area (Å²) >= 11 is 0. The molecule has 230 valence electrons. The van der Waals surface area contributed by atoms with Gasteiger partial charge in [-0.05, 0) is 50.8 Å². The molecule has 3 saturated heterocycles. The largest absolute Gasteiger partial charge is 0.461 e. The van der Waals surface area contributed by atoms with E-state index in [9.17, 15) is 8.78 Å². The van der Waals surface area contributed by atoms with Gasteiger partial charge in [0.05, 0.1) is 33.7 Å². The summed E-state index contributed by atoms with van der Waals surface area (Å²) in [6, 6.07) is 2.44. The number of hydrogen-bond acceptors (Lipinski definition) is 8. The van der Waals surface area contributed by atoms with Gasteiger partial charge < -0.3 is 15.4 Å². The molecule has 0 saturated carbocycles. The summed E-state index contributed by atoms with van der Waals surface area (Å²) in [5, 5.41) is 7.50. The topological polar surface area (TPSA) is 114 Å². The van der Waals surface area contributed by atoms with Gasteiger partial charge in [-0.2, -0.15) is 15.1 Å². The van der Waals surface area contributed by atoms with Crippen LogP contribution in [0, 0.1) is 17.5 Å². The van der Waals surface area contributed by atoms with Crippen LogP contribution >= 0.6 is 0 Å². The van der Waals surface area contributed by atoms with Gasteiger partial charge in [0, 0.05) is 43.7 Å². The zero-order valence-electron chi connectivity index (χ0n) is 23.9. The lowest BCUT2D eigenvalue weighted by atomic mass is 9.95. The van der Waals surface area contributed by atoms with Crippen molar-refractivity contribution in [2.24, 2.45) is 5.73 Å². The van der Waals surface area contributed by atoms with Crippen LogP contribution in [0.15, 0.2) is 24.5 Å². The number of alkyl halides is 1. The summed E-state index contributed by atoms with van der Waals surface area (Å²) in [6.07, 6.45) is 6.44. The number of anilines is 1. The van der Waals surface area contributed by atoms with Gasteiger partial charge in [-0.25, -0.2) is 22.5 Å². The average Bonchev–Trinajstić information content (AvgIpc) is 3.73. The van der Waals surface area contributed by atoms with Crippen molar-refractivity contribution in [3.05, 3.63) is 42.0 Å². The standard InChI is InChI=1S/C30H31F4N9O/c31-16-11-30(7-2-9-42(30)14-16)15-44-29-38-25-19(27(39-29)41-8-1-3-17(35)6-10-41)12-36-28(23(25)34)43-21-13-37-40-24(21)18-4-5-20(32)22(33)26(18)43/h4-5,12-13,16-17H,1-3,6-11,14-15,35H2,(H,37,40)/t16-,17?,30+/m1/s1. The van der Waals surface area contributed by atoms with Gasteiger partial charge in [0.2, 0.25) is 0 Å². The Morgan fingerprint density at radius 2 is 1.89 bits per heavy atom. The molecular formula is C30H31F4N9O. The number of fused-ring (bicyclic) bond motifs is 5. The van der Waals surface area contributed by atoms with E-state index in [4.69, 9.17) is 15.5 Å². The number of nitrogens with one attached hydrogen (secondary N) is 1. The highest BCUT2D eigenvalue weighted by Gasteiger charge is 2.49. The lowest BCUT2D eigenvalue weighted by molar-refractivity contribution is 0.107. The molecule has 1 aromatic carbocycles. The Hall–Kier alpha value is -4.04. The number of nitrogens with zero attached hydrogens (tertiary/aromatic N) is 7. The van der Waals surface area contributed by atoms with Gasteiger partial charge in [0.1, 0.15) is 24.1 Å². The van der Waals surface area contributed by atoms with Crippen molar-refractivity contribution < 1.29 is 22.3 Å². The molecule has 0 aliphatic carbocycles. The Morgan fingerprint density at radius 1 is 1.00 bits per heavy atom. The molecule has 3 aliphatic heterocycles. The number of H-pyrrole nitrogens is 1. The number of rotatable bonds is 5. The van der Waals surface area contributed by atoms with E-state index in [-0.39, 0.29) is 35.5 Å². The van der Waals surface area contributed by atoms with Crippen LogP contribution in [0.3, 0.4) is 0 Å². The third-order valence-corrected chi connectivity index (χ3v) is 9.56. The third-order valence-electron chi connectivity index (χ3n) is 9.56. The van der Waals surface area contributed by atoms with Gasteiger partial charge in [-0.1, -0.05) is 0 Å². The Morgan fingerprint density at radius 3 is 2.77 bits per heavy atom. The SMILES string of the molecule is NC1CCCN(c2nc(OC[C@@]34CCCN3C[C@H](F)C4)nc3c(F)c(-n4c5cn[nH]c5c5ccc(F)c(F)c54)ncc23)CC1. The van der Waals surface area contributed by atoms with E-state index in [1.165, 1.54) is 23.0 Å². The fourth-order valence-corrected chi connectivity index (χ4v) is 7.40. The quantitative estimate of drug-likeness (QED) is 0.280. The van der Waals surface area contributed by atoms with Gasteiger partial charge in [0.15, 0.2) is 23.3 Å². The third kappa shape index (κ3) is 4.21. The van der Waals surface area contributed by atoms with Crippen LogP contribution < -0.4 is 15.4 Å². The molecule has 8 rings (SSSR count). The summed E-state index contributed by atoms with van der Waals surface area (Å²) in [5.41, 5.74) is 6.28. The minimum Gasteiger partial charge on any atom is -0.461 e. The molecule has 3 N–H and O–H groups in total. The highest BCUT2D eigenvalue weighted by molar-refractivity contribution is 6.07. The monoisotopic (exact) mass is 609 g/mol. The van der Waals surface area contributed by atoms with Crippen LogP contribution in [0.4, 0.5) is 23.4 Å². The molecule has 0 radical (unpaired) electrons. The van der Waals surface area contributed by atoms with E-state index >= 15 is 8.78 Å². The van der Waals surface area contributed by atoms with E-state index in [2.05, 4.69) is 25.1 Å². The molecule has 0 spiro atoms. The van der Waals surface area contributed by atoms with Crippen LogP contribution in [0.25, 0.3) is 38.7 Å². The fourth-order valence-electron chi connectivity index (χ4n) is 7.40. The van der Waals surface area contributed by atoms with E-state index in [0.29, 0.717) is 53.7 Å². The van der Waals surface area contributed by atoms with E-state index in [1.807, 2.05) is 4.90 Å². The highest BCUT2D eigenvalue weighted by Crippen LogP contribution is 2.41. The lowest BCUT2D eigenvalue weighted by Crippen LogP contribution is -2.43. The molecule has 4 aromatic heterocycles. The number of pyridine rings is 1. The first-order chi connectivity index (χ1) is 21.3. The number of benzene rings is 1. The van der Waals surface area contributed by atoms with Crippen molar-refractivity contribution >= 4 is 38.7 Å². The smallest absolute Gasteiger partial charge is 0.319 e. The van der Waals surface area contributed by atoms with Crippen molar-refractivity contribution in [2.45, 2.75) is 56.3 Å². The number of aromatic nitrogens is 6. The minimum absolute atomic E-state index is 0.0383. The second-order valence-electron chi connectivity index (χ2n) is 12.3. The number of ether oxygens (including phenoxy) is 1. The van der Waals surface area contributed by atoms with Crippen LogP contribution in [0.5, 0.6) is 6.01 Å². The Kier molecular flexibility index (Phi) is 6.42. The lowest BCUT2D eigenvalue weighted by Gasteiger charge is -2.31. The molecule has 3 aliphatic rings. The Labute approximate surface area is 249 Å². The first-order valence-corrected chi connectivity index (χ1v) is 15.0. The zero-order chi connectivity index (χ0) is 30.2. The van der Waals surface area contributed by atoms with Crippen LogP contribution in [0.2, 0.25) is 0 Å². The summed E-state index contributed by atoms with van der Waals surface area (Å²) in [5.74, 6) is -2.87. The highest BCUT2D eigenvalue weighted by atomic mass is 19.2. The Bertz CT molecular complexity index is 1910. The second-order valence-corrected chi connectivity index (χ2v) is 12.3. The first kappa shape index (κ1) is 27.5. The number of hydrogen-bond donors (Lipinski definition) is 2.